The van der Waals surface area contributed by atoms with E-state index in [1.165, 1.54) is 6.92 Å². The number of rotatable bonds is 8. The van der Waals surface area contributed by atoms with Gasteiger partial charge in [-0.15, -0.1) is 0 Å². The summed E-state index contributed by atoms with van der Waals surface area (Å²) >= 11 is 0. The van der Waals surface area contributed by atoms with Gasteiger partial charge in [0.25, 0.3) is 0 Å². The molecule has 0 spiro atoms. The monoisotopic (exact) mass is 511 g/mol. The summed E-state index contributed by atoms with van der Waals surface area (Å²) < 4.78 is 0. The summed E-state index contributed by atoms with van der Waals surface area (Å²) in [5.41, 5.74) is 0.152. The van der Waals surface area contributed by atoms with Crippen LogP contribution in [0.3, 0.4) is 0 Å². The second-order valence-electron chi connectivity index (χ2n) is 10.4. The van der Waals surface area contributed by atoms with Gasteiger partial charge < -0.3 is 25.7 Å². The molecular weight excluding hydrogens is 478 g/mol. The van der Waals surface area contributed by atoms with Gasteiger partial charge in [0.15, 0.2) is 11.4 Å². The number of fused-ring (bicyclic) bond motifs is 3. The quantitative estimate of drug-likeness (QED) is 0.201. The van der Waals surface area contributed by atoms with E-state index in [9.17, 15) is 34.5 Å². The molecule has 0 bridgehead atoms. The van der Waals surface area contributed by atoms with Gasteiger partial charge in [-0.05, 0) is 69.5 Å². The minimum absolute atomic E-state index is 0.0163. The van der Waals surface area contributed by atoms with Gasteiger partial charge in [0.1, 0.15) is 11.5 Å². The molecule has 0 heterocycles. The van der Waals surface area contributed by atoms with E-state index in [1.807, 2.05) is 13.0 Å². The number of aromatic hydroxyl groups is 1. The highest BCUT2D eigenvalue weighted by atomic mass is 16.4. The molecule has 0 saturated heterocycles. The number of phenols is 1. The maximum Gasteiger partial charge on any atom is 0.303 e. The standard InChI is InChI=1S/C28H33NO8/c1-4-15-9-17(12-29-7-5-6-20(31)32)24(33)23-19(15)11-16-10-18-8-13(2)21(14(3)30)26(35)28(18,37)27(36)22(16)25(23)34/h9,16,18,29,33-34,37H,4-8,10-12H2,1-3H3,(H,31,32)/t16-,18-,28-/m1/s1. The predicted molar refractivity (Wildman–Crippen MR) is 134 cm³/mol. The minimum Gasteiger partial charge on any atom is -0.507 e. The zero-order chi connectivity index (χ0) is 27.2. The molecule has 37 heavy (non-hydrogen) atoms. The Kier molecular flexibility index (Phi) is 7.14. The largest absolute Gasteiger partial charge is 0.507 e. The number of hydrogen-bond donors (Lipinski definition) is 5. The molecule has 5 N–H and O–H groups in total. The number of carboxylic acid groups (broad SMARTS) is 1. The third-order valence-corrected chi connectivity index (χ3v) is 8.03. The van der Waals surface area contributed by atoms with E-state index in [1.54, 1.807) is 6.92 Å². The van der Waals surface area contributed by atoms with Crippen molar-refractivity contribution in [2.24, 2.45) is 11.8 Å². The molecule has 1 saturated carbocycles. The van der Waals surface area contributed by atoms with Gasteiger partial charge in [0, 0.05) is 30.0 Å². The fourth-order valence-corrected chi connectivity index (χ4v) is 6.27. The Balaban J connectivity index is 1.75. The Bertz CT molecular complexity index is 1270. The van der Waals surface area contributed by atoms with Crippen molar-refractivity contribution in [1.82, 2.24) is 5.32 Å². The highest BCUT2D eigenvalue weighted by Crippen LogP contribution is 2.52. The number of carboxylic acids is 1. The van der Waals surface area contributed by atoms with Gasteiger partial charge in [0.2, 0.25) is 11.6 Å². The third kappa shape index (κ3) is 4.30. The lowest BCUT2D eigenvalue weighted by atomic mass is 9.57. The van der Waals surface area contributed by atoms with Crippen molar-refractivity contribution in [1.29, 1.82) is 0 Å². The number of ketones is 3. The van der Waals surface area contributed by atoms with Crippen LogP contribution in [0.4, 0.5) is 0 Å². The number of allylic oxidation sites excluding steroid dienone is 1. The summed E-state index contributed by atoms with van der Waals surface area (Å²) in [5.74, 6) is -4.99. The Labute approximate surface area is 214 Å². The van der Waals surface area contributed by atoms with Crippen LogP contribution < -0.4 is 5.32 Å². The number of carbonyl (C=O) groups is 4. The van der Waals surface area contributed by atoms with E-state index in [-0.39, 0.29) is 48.3 Å². The Hall–Kier alpha value is -3.30. The molecule has 1 fully saturated rings. The van der Waals surface area contributed by atoms with Crippen LogP contribution >= 0.6 is 0 Å². The molecule has 1 aromatic carbocycles. The number of aliphatic carboxylic acids is 1. The SMILES string of the molecule is CCc1cc(CNCCCC(=O)O)c(O)c2c1C[C@H]1C[C@H]3CC(C)=C(C(C)=O)C(=O)[C@@]3(O)C(=O)C1=C2O. The van der Waals surface area contributed by atoms with Gasteiger partial charge in [0.05, 0.1) is 11.1 Å². The van der Waals surface area contributed by atoms with Crippen molar-refractivity contribution in [3.8, 4) is 5.75 Å². The molecule has 3 aliphatic rings. The molecule has 9 heteroatoms. The molecule has 198 valence electrons. The third-order valence-electron chi connectivity index (χ3n) is 8.03. The maximum absolute atomic E-state index is 13.7. The van der Waals surface area contributed by atoms with Gasteiger partial charge in [-0.3, -0.25) is 19.2 Å². The number of Topliss-reactive ketones (excluding diaryl/α,β-unsaturated/α-hetero) is 3. The van der Waals surface area contributed by atoms with Gasteiger partial charge in [-0.2, -0.15) is 0 Å². The maximum atomic E-state index is 13.7. The predicted octanol–water partition coefficient (Wildman–Crippen LogP) is 2.55. The first kappa shape index (κ1) is 26.8. The lowest BCUT2D eigenvalue weighted by molar-refractivity contribution is -0.157. The number of aliphatic hydroxyl groups excluding tert-OH is 1. The molecule has 9 nitrogen and oxygen atoms in total. The molecule has 3 aliphatic carbocycles. The molecule has 0 amide bonds. The summed E-state index contributed by atoms with van der Waals surface area (Å²) in [7, 11) is 0. The number of hydrogen-bond acceptors (Lipinski definition) is 8. The van der Waals surface area contributed by atoms with Crippen LogP contribution in [-0.4, -0.2) is 55.9 Å². The van der Waals surface area contributed by atoms with E-state index < -0.39 is 46.5 Å². The number of aliphatic hydroxyl groups is 2. The minimum atomic E-state index is -2.43. The van der Waals surface area contributed by atoms with E-state index in [2.05, 4.69) is 5.32 Å². The number of benzene rings is 1. The number of nitrogens with one attached hydrogen (secondary N) is 1. The van der Waals surface area contributed by atoms with Crippen LogP contribution in [0.2, 0.25) is 0 Å². The molecule has 1 aromatic rings. The molecule has 4 rings (SSSR count). The van der Waals surface area contributed by atoms with E-state index in [0.717, 1.165) is 11.1 Å². The Morgan fingerprint density at radius 2 is 1.84 bits per heavy atom. The Morgan fingerprint density at radius 3 is 2.46 bits per heavy atom. The van der Waals surface area contributed by atoms with E-state index in [4.69, 9.17) is 5.11 Å². The van der Waals surface area contributed by atoms with Crippen molar-refractivity contribution in [2.75, 3.05) is 6.54 Å². The molecule has 0 aromatic heterocycles. The summed E-state index contributed by atoms with van der Waals surface area (Å²) in [5, 5.41) is 45.8. The Morgan fingerprint density at radius 1 is 1.14 bits per heavy atom. The summed E-state index contributed by atoms with van der Waals surface area (Å²) in [6.07, 6.45) is 1.94. The first-order chi connectivity index (χ1) is 17.4. The van der Waals surface area contributed by atoms with E-state index >= 15 is 0 Å². The number of carbonyl (C=O) groups excluding carboxylic acids is 3. The fraction of sp³-hybridized carbons (Fsp3) is 0.500. The summed E-state index contributed by atoms with van der Waals surface area (Å²) in [4.78, 5) is 49.8. The van der Waals surface area contributed by atoms with Crippen LogP contribution in [-0.2, 0) is 38.6 Å². The normalized spacial score (nSPS) is 25.1. The van der Waals surface area contributed by atoms with Crippen LogP contribution in [0.1, 0.15) is 68.7 Å². The van der Waals surface area contributed by atoms with Crippen LogP contribution in [0.5, 0.6) is 5.75 Å². The molecule has 0 radical (unpaired) electrons. The van der Waals surface area contributed by atoms with Crippen LogP contribution in [0, 0.1) is 11.8 Å². The fourth-order valence-electron chi connectivity index (χ4n) is 6.27. The molecule has 0 aliphatic heterocycles. The van der Waals surface area contributed by atoms with E-state index in [0.29, 0.717) is 36.9 Å². The highest BCUT2D eigenvalue weighted by molar-refractivity contribution is 6.33. The average Bonchev–Trinajstić information content (AvgIpc) is 2.82. The average molecular weight is 512 g/mol. The number of phenolic OH excluding ortho intramolecular Hbond substituents is 1. The zero-order valence-corrected chi connectivity index (χ0v) is 21.3. The smallest absolute Gasteiger partial charge is 0.303 e. The second kappa shape index (κ2) is 9.87. The van der Waals surface area contributed by atoms with Crippen molar-refractivity contribution in [3.05, 3.63) is 45.0 Å². The first-order valence-electron chi connectivity index (χ1n) is 12.7. The zero-order valence-electron chi connectivity index (χ0n) is 21.3. The van der Waals surface area contributed by atoms with Gasteiger partial charge in [-0.25, -0.2) is 0 Å². The van der Waals surface area contributed by atoms with Crippen LogP contribution in [0.15, 0.2) is 22.8 Å². The van der Waals surface area contributed by atoms with Crippen molar-refractivity contribution in [2.45, 2.75) is 71.4 Å². The van der Waals surface area contributed by atoms with Crippen molar-refractivity contribution < 1.29 is 39.6 Å². The summed E-state index contributed by atoms with van der Waals surface area (Å²) in [6, 6.07) is 1.85. The van der Waals surface area contributed by atoms with Crippen molar-refractivity contribution in [3.63, 3.8) is 0 Å². The van der Waals surface area contributed by atoms with Crippen molar-refractivity contribution >= 4 is 29.1 Å². The summed E-state index contributed by atoms with van der Waals surface area (Å²) in [6.45, 7) is 5.49. The lowest BCUT2D eigenvalue weighted by Crippen LogP contribution is -2.61. The number of aryl methyl sites for hydroxylation is 1. The first-order valence-corrected chi connectivity index (χ1v) is 12.7. The lowest BCUT2D eigenvalue weighted by Gasteiger charge is -2.46. The highest BCUT2D eigenvalue weighted by Gasteiger charge is 2.60. The van der Waals surface area contributed by atoms with Gasteiger partial charge >= 0.3 is 5.97 Å². The van der Waals surface area contributed by atoms with Gasteiger partial charge in [-0.1, -0.05) is 18.6 Å². The molecular formula is C28H33NO8. The topological polar surface area (TPSA) is 161 Å². The molecule has 0 unspecified atom stereocenters. The second-order valence-corrected chi connectivity index (χ2v) is 10.4. The molecule has 3 atom stereocenters. The van der Waals surface area contributed by atoms with Crippen LogP contribution in [0.25, 0.3) is 5.76 Å².